The molecule has 1 aliphatic heterocycles. The molecule has 0 aliphatic carbocycles. The fourth-order valence-electron chi connectivity index (χ4n) is 3.36. The molecule has 5 nitrogen and oxygen atoms in total. The second kappa shape index (κ2) is 8.57. The van der Waals surface area contributed by atoms with Gasteiger partial charge < -0.3 is 4.90 Å². The van der Waals surface area contributed by atoms with Crippen LogP contribution in [-0.4, -0.2) is 32.3 Å². The molecule has 2 aromatic rings. The molecule has 1 heterocycles. The summed E-state index contributed by atoms with van der Waals surface area (Å²) in [6.45, 7) is 3.62. The van der Waals surface area contributed by atoms with Crippen LogP contribution in [0.25, 0.3) is 0 Å². The predicted octanol–water partition coefficient (Wildman–Crippen LogP) is 3.49. The Bertz CT molecular complexity index is 886. The molecule has 144 valence electrons. The summed E-state index contributed by atoms with van der Waals surface area (Å²) in [7, 11) is -3.48. The fraction of sp³-hybridized carbons (Fsp3) is 0.381. The van der Waals surface area contributed by atoms with Crippen molar-refractivity contribution >= 4 is 21.6 Å². The molecule has 0 radical (unpaired) electrons. The van der Waals surface area contributed by atoms with E-state index in [2.05, 4.69) is 4.72 Å². The van der Waals surface area contributed by atoms with Crippen LogP contribution in [0.3, 0.4) is 0 Å². The molecule has 0 aromatic heterocycles. The van der Waals surface area contributed by atoms with Crippen LogP contribution >= 0.6 is 0 Å². The number of hydrogen-bond donors (Lipinski definition) is 1. The normalized spacial score (nSPS) is 14.8. The van der Waals surface area contributed by atoms with Gasteiger partial charge in [0, 0.05) is 18.8 Å². The van der Waals surface area contributed by atoms with Crippen LogP contribution in [0.4, 0.5) is 5.69 Å². The van der Waals surface area contributed by atoms with Gasteiger partial charge in [-0.3, -0.25) is 9.52 Å². The van der Waals surface area contributed by atoms with E-state index in [9.17, 15) is 13.2 Å². The van der Waals surface area contributed by atoms with E-state index in [-0.39, 0.29) is 11.7 Å². The molecule has 2 aromatic carbocycles. The lowest BCUT2D eigenvalue weighted by Crippen LogP contribution is -2.36. The van der Waals surface area contributed by atoms with E-state index >= 15 is 0 Å². The van der Waals surface area contributed by atoms with Crippen LogP contribution < -0.4 is 4.72 Å². The Labute approximate surface area is 161 Å². The number of carbonyl (C=O) groups excluding carboxylic acids is 1. The average Bonchev–Trinajstić information content (AvgIpc) is 2.63. The van der Waals surface area contributed by atoms with Crippen LogP contribution in [0, 0.1) is 6.92 Å². The standard InChI is InChI=1S/C21H26N2O3S/c1-17-6-5-7-19(14-17)16-27(25,26)22-20-10-8-18(9-11-20)15-21(24)23-12-3-2-4-13-23/h5-11,14,22H,2-4,12-13,15-16H2,1H3. The molecule has 1 aliphatic rings. The Morgan fingerprint density at radius 2 is 1.70 bits per heavy atom. The third kappa shape index (κ3) is 5.82. The third-order valence-corrected chi connectivity index (χ3v) is 5.99. The van der Waals surface area contributed by atoms with E-state index in [1.54, 1.807) is 12.1 Å². The lowest BCUT2D eigenvalue weighted by molar-refractivity contribution is -0.131. The summed E-state index contributed by atoms with van der Waals surface area (Å²) in [4.78, 5) is 14.2. The number of hydrogen-bond acceptors (Lipinski definition) is 3. The quantitative estimate of drug-likeness (QED) is 0.826. The summed E-state index contributed by atoms with van der Waals surface area (Å²) in [6, 6.07) is 14.5. The number of aryl methyl sites for hydroxylation is 1. The summed E-state index contributed by atoms with van der Waals surface area (Å²) < 4.78 is 27.4. The maximum Gasteiger partial charge on any atom is 0.236 e. The lowest BCUT2D eigenvalue weighted by atomic mass is 10.1. The van der Waals surface area contributed by atoms with Gasteiger partial charge in [-0.25, -0.2) is 8.42 Å². The van der Waals surface area contributed by atoms with Crippen molar-refractivity contribution in [3.8, 4) is 0 Å². The molecule has 0 atom stereocenters. The fourth-order valence-corrected chi connectivity index (χ4v) is 4.54. The first-order chi connectivity index (χ1) is 12.9. The number of nitrogens with one attached hydrogen (secondary N) is 1. The summed E-state index contributed by atoms with van der Waals surface area (Å²) in [5.74, 6) is 0.0756. The van der Waals surface area contributed by atoms with Gasteiger partial charge in [0.05, 0.1) is 12.2 Å². The van der Waals surface area contributed by atoms with Crippen LogP contribution in [0.5, 0.6) is 0 Å². The summed E-state index contributed by atoms with van der Waals surface area (Å²) >= 11 is 0. The summed E-state index contributed by atoms with van der Waals surface area (Å²) in [6.07, 6.45) is 3.71. The Hall–Kier alpha value is -2.34. The molecule has 27 heavy (non-hydrogen) atoms. The minimum absolute atomic E-state index is 0.0656. The van der Waals surface area contributed by atoms with E-state index in [4.69, 9.17) is 0 Å². The number of benzene rings is 2. The van der Waals surface area contributed by atoms with Crippen molar-refractivity contribution in [3.63, 3.8) is 0 Å². The van der Waals surface area contributed by atoms with Crippen molar-refractivity contribution < 1.29 is 13.2 Å². The Kier molecular flexibility index (Phi) is 6.16. The number of nitrogens with zero attached hydrogens (tertiary/aromatic N) is 1. The molecule has 1 fully saturated rings. The number of carbonyl (C=O) groups is 1. The van der Waals surface area contributed by atoms with Crippen LogP contribution in [0.15, 0.2) is 48.5 Å². The molecule has 0 bridgehead atoms. The van der Waals surface area contributed by atoms with Crippen molar-refractivity contribution in [2.75, 3.05) is 17.8 Å². The smallest absolute Gasteiger partial charge is 0.236 e. The minimum Gasteiger partial charge on any atom is -0.342 e. The number of anilines is 1. The van der Waals surface area contributed by atoms with Gasteiger partial charge in [0.15, 0.2) is 0 Å². The molecule has 0 saturated carbocycles. The molecule has 1 N–H and O–H groups in total. The topological polar surface area (TPSA) is 66.5 Å². The number of amides is 1. The van der Waals surface area contributed by atoms with Gasteiger partial charge >= 0.3 is 0 Å². The first-order valence-corrected chi connectivity index (χ1v) is 11.0. The number of likely N-dealkylation sites (tertiary alicyclic amines) is 1. The van der Waals surface area contributed by atoms with E-state index in [1.165, 1.54) is 6.42 Å². The zero-order chi connectivity index (χ0) is 19.3. The van der Waals surface area contributed by atoms with Crippen molar-refractivity contribution in [3.05, 3.63) is 65.2 Å². The zero-order valence-electron chi connectivity index (χ0n) is 15.6. The molecule has 6 heteroatoms. The van der Waals surface area contributed by atoms with Gasteiger partial charge in [-0.15, -0.1) is 0 Å². The molecular formula is C21H26N2O3S. The summed E-state index contributed by atoms with van der Waals surface area (Å²) in [5.41, 5.74) is 3.20. The largest absolute Gasteiger partial charge is 0.342 e. The van der Waals surface area contributed by atoms with E-state index < -0.39 is 10.0 Å². The van der Waals surface area contributed by atoms with Crippen LogP contribution in [0.1, 0.15) is 36.0 Å². The molecule has 1 saturated heterocycles. The second-order valence-electron chi connectivity index (χ2n) is 7.17. The minimum atomic E-state index is -3.48. The highest BCUT2D eigenvalue weighted by Gasteiger charge is 2.17. The maximum atomic E-state index is 12.4. The second-order valence-corrected chi connectivity index (χ2v) is 8.89. The van der Waals surface area contributed by atoms with Gasteiger partial charge in [-0.2, -0.15) is 0 Å². The highest BCUT2D eigenvalue weighted by atomic mass is 32.2. The highest BCUT2D eigenvalue weighted by molar-refractivity contribution is 7.91. The first kappa shape index (κ1) is 19.4. The number of rotatable bonds is 6. The third-order valence-electron chi connectivity index (χ3n) is 4.73. The van der Waals surface area contributed by atoms with Crippen molar-refractivity contribution in [2.45, 2.75) is 38.4 Å². The lowest BCUT2D eigenvalue weighted by Gasteiger charge is -2.26. The van der Waals surface area contributed by atoms with Gasteiger partial charge in [-0.1, -0.05) is 42.0 Å². The van der Waals surface area contributed by atoms with Crippen molar-refractivity contribution in [1.29, 1.82) is 0 Å². The van der Waals surface area contributed by atoms with Crippen molar-refractivity contribution in [1.82, 2.24) is 4.90 Å². The highest BCUT2D eigenvalue weighted by Crippen LogP contribution is 2.16. The Balaban J connectivity index is 1.58. The van der Waals surface area contributed by atoms with Gasteiger partial charge in [0.25, 0.3) is 0 Å². The first-order valence-electron chi connectivity index (χ1n) is 9.34. The number of sulfonamides is 1. The monoisotopic (exact) mass is 386 g/mol. The van der Waals surface area contributed by atoms with E-state index in [1.807, 2.05) is 48.2 Å². The maximum absolute atomic E-state index is 12.4. The van der Waals surface area contributed by atoms with Crippen LogP contribution in [-0.2, 0) is 27.0 Å². The van der Waals surface area contributed by atoms with Crippen LogP contribution in [0.2, 0.25) is 0 Å². The van der Waals surface area contributed by atoms with Gasteiger partial charge in [0.2, 0.25) is 15.9 Å². The molecule has 0 spiro atoms. The Morgan fingerprint density at radius 1 is 1.00 bits per heavy atom. The molecule has 3 rings (SSSR count). The Morgan fingerprint density at radius 3 is 2.37 bits per heavy atom. The van der Waals surface area contributed by atoms with E-state index in [0.29, 0.717) is 12.1 Å². The predicted molar refractivity (Wildman–Crippen MR) is 108 cm³/mol. The van der Waals surface area contributed by atoms with Gasteiger partial charge in [0.1, 0.15) is 0 Å². The molecular weight excluding hydrogens is 360 g/mol. The number of piperidine rings is 1. The molecule has 1 amide bonds. The van der Waals surface area contributed by atoms with E-state index in [0.717, 1.165) is 42.6 Å². The molecule has 0 unspecified atom stereocenters. The van der Waals surface area contributed by atoms with Gasteiger partial charge in [-0.05, 0) is 49.4 Å². The average molecular weight is 387 g/mol. The zero-order valence-corrected chi connectivity index (χ0v) is 16.5. The SMILES string of the molecule is Cc1cccc(CS(=O)(=O)Nc2ccc(CC(=O)N3CCCCC3)cc2)c1. The summed E-state index contributed by atoms with van der Waals surface area (Å²) in [5, 5.41) is 0. The van der Waals surface area contributed by atoms with Crippen molar-refractivity contribution in [2.24, 2.45) is 0 Å².